The molecule has 0 saturated heterocycles. The maximum Gasteiger partial charge on any atom is 0.264 e. The Bertz CT molecular complexity index is 833. The zero-order valence-corrected chi connectivity index (χ0v) is 13.9. The van der Waals surface area contributed by atoms with E-state index in [9.17, 15) is 8.42 Å². The lowest BCUT2D eigenvalue weighted by atomic mass is 10.2. The van der Waals surface area contributed by atoms with Crippen LogP contribution >= 0.6 is 11.6 Å². The van der Waals surface area contributed by atoms with Gasteiger partial charge in [0.05, 0.1) is 4.90 Å². The second kappa shape index (κ2) is 5.52. The average Bonchev–Trinajstić information content (AvgIpc) is 3.24. The summed E-state index contributed by atoms with van der Waals surface area (Å²) in [6.45, 7) is 3.50. The van der Waals surface area contributed by atoms with Gasteiger partial charge in [-0.3, -0.25) is 0 Å². The van der Waals surface area contributed by atoms with Gasteiger partial charge in [-0.15, -0.1) is 0 Å². The SMILES string of the molecule is Cc1cc(C2CC2)nc(NS(=O)(=O)c2cccc(Cl)c2C)n1. The molecule has 1 heterocycles. The van der Waals surface area contributed by atoms with Crippen molar-refractivity contribution >= 4 is 27.6 Å². The van der Waals surface area contributed by atoms with Crippen LogP contribution in [-0.4, -0.2) is 18.4 Å². The molecule has 2 aromatic rings. The highest BCUT2D eigenvalue weighted by atomic mass is 35.5. The number of benzene rings is 1. The maximum absolute atomic E-state index is 12.5. The van der Waals surface area contributed by atoms with E-state index in [1.54, 1.807) is 19.1 Å². The summed E-state index contributed by atoms with van der Waals surface area (Å²) in [5, 5.41) is 0.409. The number of anilines is 1. The van der Waals surface area contributed by atoms with E-state index in [4.69, 9.17) is 11.6 Å². The fourth-order valence-electron chi connectivity index (χ4n) is 2.28. The summed E-state index contributed by atoms with van der Waals surface area (Å²) >= 11 is 6.00. The second-order valence-corrected chi connectivity index (χ2v) is 7.56. The van der Waals surface area contributed by atoms with Gasteiger partial charge in [0.15, 0.2) is 0 Å². The summed E-state index contributed by atoms with van der Waals surface area (Å²) in [5.74, 6) is 0.541. The first-order valence-corrected chi connectivity index (χ1v) is 8.86. The molecule has 0 aliphatic heterocycles. The Balaban J connectivity index is 1.96. The summed E-state index contributed by atoms with van der Waals surface area (Å²) in [4.78, 5) is 8.63. The quantitative estimate of drug-likeness (QED) is 0.927. The van der Waals surface area contributed by atoms with E-state index in [2.05, 4.69) is 14.7 Å². The van der Waals surface area contributed by atoms with Gasteiger partial charge in [-0.05, 0) is 50.5 Å². The van der Waals surface area contributed by atoms with Gasteiger partial charge < -0.3 is 0 Å². The molecule has 1 aliphatic carbocycles. The van der Waals surface area contributed by atoms with Crippen molar-refractivity contribution in [3.8, 4) is 0 Å². The Morgan fingerprint density at radius 2 is 1.95 bits per heavy atom. The minimum atomic E-state index is -3.76. The molecular formula is C15H16ClN3O2S. The molecule has 1 aliphatic rings. The van der Waals surface area contributed by atoms with E-state index in [1.807, 2.05) is 13.0 Å². The molecule has 0 amide bonds. The Kier molecular flexibility index (Phi) is 3.82. The van der Waals surface area contributed by atoms with Gasteiger partial charge in [-0.1, -0.05) is 17.7 Å². The molecule has 116 valence electrons. The van der Waals surface area contributed by atoms with Crippen LogP contribution in [0.15, 0.2) is 29.2 Å². The van der Waals surface area contributed by atoms with Crippen molar-refractivity contribution < 1.29 is 8.42 Å². The zero-order valence-electron chi connectivity index (χ0n) is 12.3. The number of aryl methyl sites for hydroxylation is 1. The highest BCUT2D eigenvalue weighted by molar-refractivity contribution is 7.92. The maximum atomic E-state index is 12.5. The van der Waals surface area contributed by atoms with E-state index in [-0.39, 0.29) is 10.8 Å². The van der Waals surface area contributed by atoms with Gasteiger partial charge >= 0.3 is 0 Å². The molecule has 1 aromatic heterocycles. The molecule has 0 atom stereocenters. The first-order valence-electron chi connectivity index (χ1n) is 7.00. The molecule has 1 fully saturated rings. The molecule has 0 radical (unpaired) electrons. The van der Waals surface area contributed by atoms with Gasteiger partial charge in [0.2, 0.25) is 5.95 Å². The Morgan fingerprint density at radius 1 is 1.23 bits per heavy atom. The normalized spacial score (nSPS) is 14.9. The van der Waals surface area contributed by atoms with Crippen molar-refractivity contribution in [2.45, 2.75) is 37.5 Å². The van der Waals surface area contributed by atoms with Crippen molar-refractivity contribution in [2.75, 3.05) is 4.72 Å². The predicted octanol–water partition coefficient (Wildman–Crippen LogP) is 3.43. The average molecular weight is 338 g/mol. The van der Waals surface area contributed by atoms with Crippen LogP contribution in [0.25, 0.3) is 0 Å². The number of hydrogen-bond donors (Lipinski definition) is 1. The Labute approximate surface area is 134 Å². The number of sulfonamides is 1. The summed E-state index contributed by atoms with van der Waals surface area (Å²) in [6.07, 6.45) is 2.19. The van der Waals surface area contributed by atoms with Crippen LogP contribution in [-0.2, 0) is 10.0 Å². The highest BCUT2D eigenvalue weighted by Crippen LogP contribution is 2.39. The minimum absolute atomic E-state index is 0.112. The van der Waals surface area contributed by atoms with Crippen LogP contribution < -0.4 is 4.72 Å². The van der Waals surface area contributed by atoms with Gasteiger partial charge in [-0.25, -0.2) is 23.1 Å². The van der Waals surface area contributed by atoms with E-state index in [1.165, 1.54) is 6.07 Å². The lowest BCUT2D eigenvalue weighted by Crippen LogP contribution is -2.17. The lowest BCUT2D eigenvalue weighted by molar-refractivity contribution is 0.600. The van der Waals surface area contributed by atoms with Crippen molar-refractivity contribution in [3.63, 3.8) is 0 Å². The molecule has 7 heteroatoms. The van der Waals surface area contributed by atoms with Crippen LogP contribution in [0.1, 0.15) is 35.7 Å². The van der Waals surface area contributed by atoms with E-state index < -0.39 is 10.0 Å². The number of rotatable bonds is 4. The predicted molar refractivity (Wildman–Crippen MR) is 85.7 cm³/mol. The van der Waals surface area contributed by atoms with Crippen LogP contribution in [0.3, 0.4) is 0 Å². The van der Waals surface area contributed by atoms with Gasteiger partial charge in [0.25, 0.3) is 10.0 Å². The third-order valence-electron chi connectivity index (χ3n) is 3.60. The summed E-state index contributed by atoms with van der Waals surface area (Å²) in [7, 11) is -3.76. The van der Waals surface area contributed by atoms with Gasteiger partial charge in [-0.2, -0.15) is 0 Å². The third-order valence-corrected chi connectivity index (χ3v) is 5.48. The molecule has 0 spiro atoms. The van der Waals surface area contributed by atoms with Crippen LogP contribution in [0.4, 0.5) is 5.95 Å². The first-order chi connectivity index (χ1) is 10.4. The second-order valence-electron chi connectivity index (χ2n) is 5.50. The molecule has 0 bridgehead atoms. The monoisotopic (exact) mass is 337 g/mol. The topological polar surface area (TPSA) is 72.0 Å². The van der Waals surface area contributed by atoms with Crippen molar-refractivity contribution in [1.82, 2.24) is 9.97 Å². The fourth-order valence-corrected chi connectivity index (χ4v) is 3.72. The largest absolute Gasteiger partial charge is 0.264 e. The van der Waals surface area contributed by atoms with Crippen molar-refractivity contribution in [3.05, 3.63) is 46.2 Å². The minimum Gasteiger partial charge on any atom is -0.247 e. The number of halogens is 1. The molecule has 22 heavy (non-hydrogen) atoms. The highest BCUT2D eigenvalue weighted by Gasteiger charge is 2.27. The summed E-state index contributed by atoms with van der Waals surface area (Å²) in [6, 6.07) is 6.68. The molecule has 3 rings (SSSR count). The third kappa shape index (κ3) is 3.08. The van der Waals surface area contributed by atoms with Crippen molar-refractivity contribution in [2.24, 2.45) is 0 Å². The Morgan fingerprint density at radius 3 is 2.64 bits per heavy atom. The van der Waals surface area contributed by atoms with E-state index in [0.29, 0.717) is 16.5 Å². The first kappa shape index (κ1) is 15.2. The number of nitrogens with zero attached hydrogens (tertiary/aromatic N) is 2. The standard InChI is InChI=1S/C15H16ClN3O2S/c1-9-8-13(11-6-7-11)18-15(17-9)19-22(20,21)14-5-3-4-12(16)10(14)2/h3-5,8,11H,6-7H2,1-2H3,(H,17,18,19). The van der Waals surface area contributed by atoms with Crippen LogP contribution in [0, 0.1) is 13.8 Å². The van der Waals surface area contributed by atoms with Crippen LogP contribution in [0.5, 0.6) is 0 Å². The summed E-state index contributed by atoms with van der Waals surface area (Å²) < 4.78 is 27.5. The van der Waals surface area contributed by atoms with E-state index >= 15 is 0 Å². The molecular weight excluding hydrogens is 322 g/mol. The van der Waals surface area contributed by atoms with Crippen LogP contribution in [0.2, 0.25) is 5.02 Å². The molecule has 5 nitrogen and oxygen atoms in total. The molecule has 1 aromatic carbocycles. The smallest absolute Gasteiger partial charge is 0.247 e. The summed E-state index contributed by atoms with van der Waals surface area (Å²) in [5.41, 5.74) is 2.15. The number of nitrogens with one attached hydrogen (secondary N) is 1. The zero-order chi connectivity index (χ0) is 15.9. The molecule has 0 unspecified atom stereocenters. The van der Waals surface area contributed by atoms with Crippen molar-refractivity contribution in [1.29, 1.82) is 0 Å². The van der Waals surface area contributed by atoms with E-state index in [0.717, 1.165) is 24.2 Å². The fraction of sp³-hybridized carbons (Fsp3) is 0.333. The van der Waals surface area contributed by atoms with Gasteiger partial charge in [0, 0.05) is 22.3 Å². The molecule has 1 N–H and O–H groups in total. The molecule has 1 saturated carbocycles. The number of hydrogen-bond acceptors (Lipinski definition) is 4. The number of aromatic nitrogens is 2. The lowest BCUT2D eigenvalue weighted by Gasteiger charge is -2.11. The Hall–Kier alpha value is -1.66. The van der Waals surface area contributed by atoms with Gasteiger partial charge in [0.1, 0.15) is 0 Å².